The molecule has 0 saturated carbocycles. The highest BCUT2D eigenvalue weighted by atomic mass is 32.1. The van der Waals surface area contributed by atoms with Gasteiger partial charge in [-0.15, -0.1) is 0 Å². The van der Waals surface area contributed by atoms with E-state index in [0.29, 0.717) is 10.7 Å². The minimum atomic E-state index is -0.353. The highest BCUT2D eigenvalue weighted by Gasteiger charge is 2.30. The van der Waals surface area contributed by atoms with Crippen molar-refractivity contribution in [2.45, 2.75) is 19.9 Å². The number of carbonyl (C=O) groups is 1. The monoisotopic (exact) mass is 316 g/mol. The Labute approximate surface area is 136 Å². The summed E-state index contributed by atoms with van der Waals surface area (Å²) in [5.41, 5.74) is 2.43. The number of thiocarbonyl (C=S) groups is 1. The van der Waals surface area contributed by atoms with Gasteiger partial charge >= 0.3 is 5.97 Å². The lowest BCUT2D eigenvalue weighted by atomic mass is 9.95. The highest BCUT2D eigenvalue weighted by Crippen LogP contribution is 2.21. The molecular weight excluding hydrogens is 296 g/mol. The number of nitrogens with one attached hydrogen (secondary N) is 2. The lowest BCUT2D eigenvalue weighted by Gasteiger charge is -2.30. The third kappa shape index (κ3) is 3.74. The van der Waals surface area contributed by atoms with Crippen molar-refractivity contribution in [3.8, 4) is 0 Å². The van der Waals surface area contributed by atoms with Gasteiger partial charge in [0.05, 0.1) is 18.7 Å². The largest absolute Gasteiger partial charge is 0.466 e. The van der Waals surface area contributed by atoms with Crippen LogP contribution in [0.25, 0.3) is 6.08 Å². The second-order valence-electron chi connectivity index (χ2n) is 5.32. The summed E-state index contributed by atoms with van der Waals surface area (Å²) >= 11 is 5.24. The lowest BCUT2D eigenvalue weighted by Crippen LogP contribution is -2.50. The normalized spacial score (nSPS) is 18.4. The first-order valence-corrected chi connectivity index (χ1v) is 7.57. The summed E-state index contributed by atoms with van der Waals surface area (Å²) in [5, 5.41) is 6.70. The van der Waals surface area contributed by atoms with Crippen LogP contribution in [0.5, 0.6) is 0 Å². The van der Waals surface area contributed by atoms with E-state index in [1.165, 1.54) is 7.11 Å². The molecule has 0 amide bonds. The minimum absolute atomic E-state index is 0.141. The van der Waals surface area contributed by atoms with Crippen molar-refractivity contribution in [3.05, 3.63) is 53.2 Å². The van der Waals surface area contributed by atoms with Gasteiger partial charge < -0.3 is 15.4 Å². The fourth-order valence-electron chi connectivity index (χ4n) is 2.32. The molecule has 0 fully saturated rings. The van der Waals surface area contributed by atoms with Gasteiger partial charge in [-0.1, -0.05) is 56.3 Å². The minimum Gasteiger partial charge on any atom is -0.466 e. The van der Waals surface area contributed by atoms with Gasteiger partial charge in [0.1, 0.15) is 0 Å². The van der Waals surface area contributed by atoms with Crippen molar-refractivity contribution in [2.24, 2.45) is 5.92 Å². The molecule has 0 aliphatic carbocycles. The summed E-state index contributed by atoms with van der Waals surface area (Å²) in [4.78, 5) is 12.2. The maximum absolute atomic E-state index is 12.2. The van der Waals surface area contributed by atoms with Gasteiger partial charge in [-0.3, -0.25) is 0 Å². The number of methoxy groups -OCH3 is 1. The van der Waals surface area contributed by atoms with E-state index in [4.69, 9.17) is 17.0 Å². The molecule has 0 radical (unpaired) electrons. The van der Waals surface area contributed by atoms with Crippen molar-refractivity contribution in [1.82, 2.24) is 10.6 Å². The number of benzene rings is 1. The second-order valence-corrected chi connectivity index (χ2v) is 5.73. The molecule has 1 aromatic rings. The molecule has 5 heteroatoms. The quantitative estimate of drug-likeness (QED) is 0.660. The SMILES string of the molecule is COC(=O)C1=C(C(C)C)NC(=S)NC1/C=C/c1ccccc1. The Bertz CT molecular complexity index is 621. The van der Waals surface area contributed by atoms with Gasteiger partial charge in [-0.25, -0.2) is 4.79 Å². The van der Waals surface area contributed by atoms with Crippen molar-refractivity contribution in [2.75, 3.05) is 7.11 Å². The average molecular weight is 316 g/mol. The van der Waals surface area contributed by atoms with Crippen molar-refractivity contribution >= 4 is 29.4 Å². The molecule has 0 spiro atoms. The van der Waals surface area contributed by atoms with E-state index >= 15 is 0 Å². The first kappa shape index (κ1) is 16.2. The molecule has 22 heavy (non-hydrogen) atoms. The molecular formula is C17H20N2O2S. The van der Waals surface area contributed by atoms with Crippen LogP contribution < -0.4 is 10.6 Å². The van der Waals surface area contributed by atoms with Crippen LogP contribution >= 0.6 is 12.2 Å². The summed E-state index contributed by atoms with van der Waals surface area (Å²) in [5.74, 6) is -0.212. The van der Waals surface area contributed by atoms with E-state index in [-0.39, 0.29) is 17.9 Å². The summed E-state index contributed by atoms with van der Waals surface area (Å²) in [6, 6.07) is 9.60. The van der Waals surface area contributed by atoms with Crippen LogP contribution in [-0.4, -0.2) is 24.2 Å². The van der Waals surface area contributed by atoms with Crippen LogP contribution in [-0.2, 0) is 9.53 Å². The summed E-state index contributed by atoms with van der Waals surface area (Å²) in [6.45, 7) is 4.02. The molecule has 1 aliphatic rings. The molecule has 0 aromatic heterocycles. The predicted molar refractivity (Wildman–Crippen MR) is 92.0 cm³/mol. The van der Waals surface area contributed by atoms with Gasteiger partial charge in [0.2, 0.25) is 0 Å². The number of hydrogen-bond acceptors (Lipinski definition) is 3. The second kappa shape index (κ2) is 7.22. The zero-order valence-corrected chi connectivity index (χ0v) is 13.7. The molecule has 0 bridgehead atoms. The Morgan fingerprint density at radius 2 is 2.00 bits per heavy atom. The Kier molecular flexibility index (Phi) is 5.33. The number of hydrogen-bond donors (Lipinski definition) is 2. The fourth-order valence-corrected chi connectivity index (χ4v) is 2.56. The molecule has 2 N–H and O–H groups in total. The van der Waals surface area contributed by atoms with Crippen LogP contribution in [0.3, 0.4) is 0 Å². The third-order valence-corrected chi connectivity index (χ3v) is 3.62. The number of rotatable bonds is 4. The molecule has 4 nitrogen and oxygen atoms in total. The number of esters is 1. The Morgan fingerprint density at radius 1 is 1.32 bits per heavy atom. The van der Waals surface area contributed by atoms with Crippen LogP contribution in [0.4, 0.5) is 0 Å². The molecule has 116 valence electrons. The van der Waals surface area contributed by atoms with Gasteiger partial charge in [0.15, 0.2) is 5.11 Å². The molecule has 1 unspecified atom stereocenters. The van der Waals surface area contributed by atoms with E-state index in [2.05, 4.69) is 10.6 Å². The first-order valence-electron chi connectivity index (χ1n) is 7.16. The summed E-state index contributed by atoms with van der Waals surface area (Å²) in [6.07, 6.45) is 3.89. The standard InChI is InChI=1S/C17H20N2O2S/c1-11(2)15-14(16(20)21-3)13(18-17(22)19-15)10-9-12-7-5-4-6-8-12/h4-11,13H,1-3H3,(H2,18,19,22)/b10-9+. The van der Waals surface area contributed by atoms with Gasteiger partial charge in [-0.2, -0.15) is 0 Å². The van der Waals surface area contributed by atoms with Crippen LogP contribution in [0.15, 0.2) is 47.7 Å². The zero-order chi connectivity index (χ0) is 16.1. The lowest BCUT2D eigenvalue weighted by molar-refractivity contribution is -0.136. The van der Waals surface area contributed by atoms with Crippen LogP contribution in [0.1, 0.15) is 19.4 Å². The van der Waals surface area contributed by atoms with E-state index in [1.54, 1.807) is 0 Å². The van der Waals surface area contributed by atoms with Crippen LogP contribution in [0.2, 0.25) is 0 Å². The Morgan fingerprint density at radius 3 is 2.59 bits per heavy atom. The highest BCUT2D eigenvalue weighted by molar-refractivity contribution is 7.80. The van der Waals surface area contributed by atoms with E-state index in [0.717, 1.165) is 11.3 Å². The maximum atomic E-state index is 12.2. The fraction of sp³-hybridized carbons (Fsp3) is 0.294. The number of ether oxygens (including phenoxy) is 1. The first-order chi connectivity index (χ1) is 10.5. The van der Waals surface area contributed by atoms with E-state index in [1.807, 2.05) is 56.3 Å². The van der Waals surface area contributed by atoms with Crippen molar-refractivity contribution < 1.29 is 9.53 Å². The van der Waals surface area contributed by atoms with Crippen molar-refractivity contribution in [1.29, 1.82) is 0 Å². The maximum Gasteiger partial charge on any atom is 0.337 e. The zero-order valence-electron chi connectivity index (χ0n) is 12.9. The Balaban J connectivity index is 2.38. The topological polar surface area (TPSA) is 50.4 Å². The molecule has 1 aliphatic heterocycles. The third-order valence-electron chi connectivity index (χ3n) is 3.40. The van der Waals surface area contributed by atoms with Gasteiger partial charge in [0.25, 0.3) is 0 Å². The molecule has 0 saturated heterocycles. The molecule has 1 heterocycles. The van der Waals surface area contributed by atoms with Gasteiger partial charge in [-0.05, 0) is 23.7 Å². The molecule has 1 atom stereocenters. The molecule has 1 aromatic carbocycles. The predicted octanol–water partition coefficient (Wildman–Crippen LogP) is 2.63. The number of carbonyl (C=O) groups excluding carboxylic acids is 1. The number of allylic oxidation sites excluding steroid dienone is 1. The Hall–Kier alpha value is -2.14. The molecule has 2 rings (SSSR count). The average Bonchev–Trinajstić information content (AvgIpc) is 2.52. The van der Waals surface area contributed by atoms with E-state index < -0.39 is 0 Å². The van der Waals surface area contributed by atoms with E-state index in [9.17, 15) is 4.79 Å². The smallest absolute Gasteiger partial charge is 0.337 e. The van der Waals surface area contributed by atoms with Crippen LogP contribution in [0, 0.1) is 5.92 Å². The summed E-state index contributed by atoms with van der Waals surface area (Å²) < 4.78 is 4.93. The van der Waals surface area contributed by atoms with Gasteiger partial charge in [0, 0.05) is 5.70 Å². The van der Waals surface area contributed by atoms with Crippen molar-refractivity contribution in [3.63, 3.8) is 0 Å². The summed E-state index contributed by atoms with van der Waals surface area (Å²) in [7, 11) is 1.39.